The molecule has 4 heterocycles. The molecule has 0 atom stereocenters. The van der Waals surface area contributed by atoms with Gasteiger partial charge in [-0.15, -0.1) is 34.0 Å². The molecule has 0 saturated heterocycles. The molecule has 0 fully saturated rings. The molecule has 0 bridgehead atoms. The highest BCUT2D eigenvalue weighted by molar-refractivity contribution is 7.23. The third kappa shape index (κ3) is 3.75. The van der Waals surface area contributed by atoms with E-state index in [-0.39, 0.29) is 5.91 Å². The number of likely N-dealkylation sites (N-methyl/N-ethyl adjacent to an activating group) is 1. The summed E-state index contributed by atoms with van der Waals surface area (Å²) in [4.78, 5) is 22.5. The predicted octanol–water partition coefficient (Wildman–Crippen LogP) is 5.56. The summed E-state index contributed by atoms with van der Waals surface area (Å²) in [6.07, 6.45) is 1.41. The number of hydrogen-bond donors (Lipinski definition) is 1. The van der Waals surface area contributed by atoms with Crippen molar-refractivity contribution in [2.24, 2.45) is 0 Å². The van der Waals surface area contributed by atoms with Crippen LogP contribution in [-0.2, 0) is 24.2 Å². The lowest BCUT2D eigenvalue weighted by Crippen LogP contribution is -2.25. The number of nitrogens with zero attached hydrogens (tertiary/aromatic N) is 2. The fourth-order valence-corrected chi connectivity index (χ4v) is 7.07. The Labute approximate surface area is 181 Å². The molecule has 3 aromatic heterocycles. The quantitative estimate of drug-likeness (QED) is 0.452. The zero-order valence-corrected chi connectivity index (χ0v) is 18.8. The van der Waals surface area contributed by atoms with Gasteiger partial charge in [-0.25, -0.2) is 4.98 Å². The van der Waals surface area contributed by atoms with Crippen LogP contribution in [-0.4, -0.2) is 29.4 Å². The molecule has 1 aliphatic heterocycles. The van der Waals surface area contributed by atoms with Gasteiger partial charge in [0.2, 0.25) is 5.91 Å². The molecule has 0 unspecified atom stereocenters. The number of para-hydroxylation sites is 1. The van der Waals surface area contributed by atoms with E-state index in [0.717, 1.165) is 45.5 Å². The minimum absolute atomic E-state index is 0.0427. The second-order valence-electron chi connectivity index (χ2n) is 7.50. The number of fused-ring (bicyclic) bond motifs is 2. The molecule has 4 aromatic rings. The van der Waals surface area contributed by atoms with E-state index in [0.29, 0.717) is 6.42 Å². The molecule has 1 aromatic carbocycles. The lowest BCUT2D eigenvalue weighted by Gasteiger charge is -2.22. The first-order chi connectivity index (χ1) is 14.1. The Kier molecular flexibility index (Phi) is 4.99. The van der Waals surface area contributed by atoms with Crippen LogP contribution >= 0.6 is 34.0 Å². The third-order valence-corrected chi connectivity index (χ3v) is 8.37. The van der Waals surface area contributed by atoms with Crippen LogP contribution in [0.2, 0.25) is 0 Å². The molecule has 0 spiro atoms. The van der Waals surface area contributed by atoms with Gasteiger partial charge in [-0.05, 0) is 55.1 Å². The summed E-state index contributed by atoms with van der Waals surface area (Å²) in [5.41, 5.74) is 4.72. The maximum absolute atomic E-state index is 12.8. The van der Waals surface area contributed by atoms with Crippen molar-refractivity contribution in [1.29, 1.82) is 0 Å². The van der Waals surface area contributed by atoms with Gasteiger partial charge in [0.25, 0.3) is 0 Å². The van der Waals surface area contributed by atoms with Gasteiger partial charge >= 0.3 is 0 Å². The molecule has 29 heavy (non-hydrogen) atoms. The molecule has 1 N–H and O–H groups in total. The van der Waals surface area contributed by atoms with Crippen LogP contribution < -0.4 is 5.32 Å². The summed E-state index contributed by atoms with van der Waals surface area (Å²) in [5, 5.41) is 7.27. The van der Waals surface area contributed by atoms with Crippen LogP contribution in [0.4, 0.5) is 5.00 Å². The summed E-state index contributed by atoms with van der Waals surface area (Å²) >= 11 is 5.07. The Balaban J connectivity index is 1.53. The van der Waals surface area contributed by atoms with Crippen molar-refractivity contribution in [3.63, 3.8) is 0 Å². The van der Waals surface area contributed by atoms with Gasteiger partial charge in [-0.3, -0.25) is 4.79 Å². The first-order valence-electron chi connectivity index (χ1n) is 9.59. The highest BCUT2D eigenvalue weighted by atomic mass is 32.1. The lowest BCUT2D eigenvalue weighted by atomic mass is 10.0. The monoisotopic (exact) mass is 439 g/mol. The van der Waals surface area contributed by atoms with Gasteiger partial charge in [0.15, 0.2) is 0 Å². The first-order valence-corrected chi connectivity index (χ1v) is 12.1. The van der Waals surface area contributed by atoms with Crippen LogP contribution in [0, 0.1) is 6.92 Å². The molecular formula is C22H21N3OS3. The van der Waals surface area contributed by atoms with Gasteiger partial charge in [-0.1, -0.05) is 12.1 Å². The molecule has 0 saturated carbocycles. The summed E-state index contributed by atoms with van der Waals surface area (Å²) in [5.74, 6) is 0.0427. The van der Waals surface area contributed by atoms with Crippen molar-refractivity contribution in [2.45, 2.75) is 26.3 Å². The van der Waals surface area contributed by atoms with Crippen LogP contribution in [0.15, 0.2) is 35.7 Å². The maximum atomic E-state index is 12.8. The average molecular weight is 440 g/mol. The summed E-state index contributed by atoms with van der Waals surface area (Å²) < 4.78 is 1.18. The highest BCUT2D eigenvalue weighted by Crippen LogP contribution is 2.45. The van der Waals surface area contributed by atoms with E-state index < -0.39 is 0 Å². The minimum Gasteiger partial charge on any atom is -0.317 e. The van der Waals surface area contributed by atoms with Crippen LogP contribution in [0.5, 0.6) is 0 Å². The maximum Gasteiger partial charge on any atom is 0.230 e. The number of nitrogens with one attached hydrogen (secondary N) is 1. The van der Waals surface area contributed by atoms with Crippen molar-refractivity contribution >= 4 is 55.1 Å². The number of anilines is 1. The second-order valence-corrected chi connectivity index (χ2v) is 10.6. The van der Waals surface area contributed by atoms with Gasteiger partial charge in [0.05, 0.1) is 16.6 Å². The predicted molar refractivity (Wildman–Crippen MR) is 124 cm³/mol. The smallest absolute Gasteiger partial charge is 0.230 e. The third-order valence-electron chi connectivity index (χ3n) is 5.13. The van der Waals surface area contributed by atoms with Crippen LogP contribution in [0.1, 0.15) is 20.9 Å². The highest BCUT2D eigenvalue weighted by Gasteiger charge is 2.26. The Bertz CT molecular complexity index is 1170. The standard InChI is InChI=1S/C22H21N3OS3/c1-13-9-14(27-12-13)10-19(26)24-22-20(15-7-8-25(2)11-18(15)29-22)21-23-16-5-3-4-6-17(16)28-21/h3-6,9,12H,7-8,10-11H2,1-2H3,(H,24,26). The molecule has 148 valence electrons. The Morgan fingerprint density at radius 3 is 2.93 bits per heavy atom. The van der Waals surface area contributed by atoms with Crippen molar-refractivity contribution in [2.75, 3.05) is 18.9 Å². The molecule has 0 aliphatic carbocycles. The van der Waals surface area contributed by atoms with Gasteiger partial charge in [0, 0.05) is 28.4 Å². The van der Waals surface area contributed by atoms with E-state index in [9.17, 15) is 4.79 Å². The summed E-state index contributed by atoms with van der Waals surface area (Å²) in [6.45, 7) is 4.02. The first kappa shape index (κ1) is 18.9. The van der Waals surface area contributed by atoms with E-state index in [1.54, 1.807) is 34.0 Å². The Morgan fingerprint density at radius 2 is 2.14 bits per heavy atom. The zero-order chi connectivity index (χ0) is 20.0. The summed E-state index contributed by atoms with van der Waals surface area (Å²) in [7, 11) is 2.15. The van der Waals surface area contributed by atoms with Crippen LogP contribution in [0.3, 0.4) is 0 Å². The fourth-order valence-electron chi connectivity index (χ4n) is 3.74. The van der Waals surface area contributed by atoms with E-state index in [1.165, 1.54) is 20.7 Å². The lowest BCUT2D eigenvalue weighted by molar-refractivity contribution is -0.115. The van der Waals surface area contributed by atoms with Gasteiger partial charge in [-0.2, -0.15) is 0 Å². The SMILES string of the molecule is Cc1csc(CC(=O)Nc2sc3c(c2-c2nc4ccccc4s2)CCN(C)C3)c1. The molecular weight excluding hydrogens is 418 g/mol. The number of benzene rings is 1. The molecule has 4 nitrogen and oxygen atoms in total. The van der Waals surface area contributed by atoms with Crippen molar-refractivity contribution in [1.82, 2.24) is 9.88 Å². The number of carbonyl (C=O) groups is 1. The number of amides is 1. The molecule has 1 amide bonds. The largest absolute Gasteiger partial charge is 0.317 e. The Hall–Kier alpha value is -2.06. The molecule has 5 rings (SSSR count). The normalized spacial score (nSPS) is 14.3. The Morgan fingerprint density at radius 1 is 1.28 bits per heavy atom. The number of thiophene rings is 2. The van der Waals surface area contributed by atoms with Gasteiger partial charge < -0.3 is 10.2 Å². The number of rotatable bonds is 4. The number of carbonyl (C=O) groups excluding carboxylic acids is 1. The molecule has 0 radical (unpaired) electrons. The van der Waals surface area contributed by atoms with Crippen molar-refractivity contribution < 1.29 is 4.79 Å². The summed E-state index contributed by atoms with van der Waals surface area (Å²) in [6, 6.07) is 10.3. The number of thiazole rings is 1. The molecule has 7 heteroatoms. The number of aromatic nitrogens is 1. The second kappa shape index (κ2) is 7.65. The molecule has 1 aliphatic rings. The van der Waals surface area contributed by atoms with Crippen LogP contribution in [0.25, 0.3) is 20.8 Å². The average Bonchev–Trinajstić information content (AvgIpc) is 3.37. The topological polar surface area (TPSA) is 45.2 Å². The zero-order valence-electron chi connectivity index (χ0n) is 16.3. The van der Waals surface area contributed by atoms with Crippen molar-refractivity contribution in [3.05, 3.63) is 56.6 Å². The van der Waals surface area contributed by atoms with Crippen molar-refractivity contribution in [3.8, 4) is 10.6 Å². The van der Waals surface area contributed by atoms with Gasteiger partial charge in [0.1, 0.15) is 10.0 Å². The van der Waals surface area contributed by atoms with E-state index >= 15 is 0 Å². The van der Waals surface area contributed by atoms with E-state index in [1.807, 2.05) is 12.1 Å². The number of hydrogen-bond acceptors (Lipinski definition) is 6. The fraction of sp³-hybridized carbons (Fsp3) is 0.273. The van der Waals surface area contributed by atoms with E-state index in [4.69, 9.17) is 4.98 Å². The number of aryl methyl sites for hydroxylation is 1. The van der Waals surface area contributed by atoms with E-state index in [2.05, 4.69) is 47.8 Å². The minimum atomic E-state index is 0.0427.